The first kappa shape index (κ1) is 75.8. The molecule has 0 aromatic carbocycles. The van der Waals surface area contributed by atoms with E-state index < -0.39 is 6.37 Å². The van der Waals surface area contributed by atoms with E-state index in [0.29, 0.717) is 32.5 Å². The fraction of sp³-hybridized carbons (Fsp3) is 1.00. The third-order valence-corrected chi connectivity index (χ3v) is 28.4. The maximum atomic E-state index is 7.05. The van der Waals surface area contributed by atoms with Gasteiger partial charge in [-0.3, -0.25) is 0 Å². The van der Waals surface area contributed by atoms with Crippen molar-refractivity contribution in [2.75, 3.05) is 0 Å². The zero-order chi connectivity index (χ0) is 69.8. The quantitative estimate of drug-likeness (QED) is 0.259. The van der Waals surface area contributed by atoms with Crippen molar-refractivity contribution in [3.63, 3.8) is 0 Å². The second kappa shape index (κ2) is 35.2. The van der Waals surface area contributed by atoms with E-state index in [0.717, 1.165) is 80.8 Å². The SMILES string of the molecule is CC(C)(C)C.CC1C2CCC(CC2)C1(C)C.CC1CCC2(CC1)CC(C)(C)CC(C)(C)C2.CC1CCC2(CC1)CCC(C)(C)CC2.CC1CCC2(CCCC2)CC1.CC1CCC2(CCCCC2)CC1.CCC12CC3CC(CC(C3)C1)C2.[2H]C(C)(C)C.[2H]C([2H])(C)C(C)C. The van der Waals surface area contributed by atoms with E-state index in [4.69, 9.17) is 4.11 Å². The lowest BCUT2D eigenvalue weighted by Gasteiger charge is -2.56. The predicted molar refractivity (Wildman–Crippen MR) is 406 cm³/mol. The summed E-state index contributed by atoms with van der Waals surface area (Å²) in [6.45, 7) is 54.1. The molecule has 0 heterocycles. The van der Waals surface area contributed by atoms with Gasteiger partial charge in [0.25, 0.3) is 0 Å². The van der Waals surface area contributed by atoms with Crippen LogP contribution in [0.2, 0.25) is 0 Å². The molecule has 0 aliphatic heterocycles. The highest BCUT2D eigenvalue weighted by Crippen LogP contribution is 2.63. The molecule has 0 saturated heterocycles. The molecule has 4 spiro atoms. The first-order chi connectivity index (χ1) is 42.7. The van der Waals surface area contributed by atoms with Crippen molar-refractivity contribution in [2.45, 2.75) is 449 Å². The van der Waals surface area contributed by atoms with E-state index in [1.165, 1.54) is 186 Å². The van der Waals surface area contributed by atoms with Gasteiger partial charge >= 0.3 is 0 Å². The van der Waals surface area contributed by atoms with Crippen LogP contribution < -0.4 is 0 Å². The molecule has 0 nitrogen and oxygen atoms in total. The maximum absolute atomic E-state index is 7.05. The van der Waals surface area contributed by atoms with Gasteiger partial charge in [-0.1, -0.05) is 262 Å². The fourth-order valence-corrected chi connectivity index (χ4v) is 22.8. The van der Waals surface area contributed by atoms with E-state index in [1.54, 1.807) is 96.8 Å². The Morgan fingerprint density at radius 2 is 0.678 bits per heavy atom. The Labute approximate surface area is 574 Å². The van der Waals surface area contributed by atoms with Crippen molar-refractivity contribution in [2.24, 2.45) is 125 Å². The molecular weight excluding hydrogens is 1080 g/mol. The summed E-state index contributed by atoms with van der Waals surface area (Å²) in [5.74, 6) is 10.5. The monoisotopic (exact) mass is 1260 g/mol. The largest absolute Gasteiger partial charge is 0.0651 e. The molecule has 0 N–H and O–H groups in total. The third kappa shape index (κ3) is 27.0. The van der Waals surface area contributed by atoms with Gasteiger partial charge in [0.15, 0.2) is 0 Å². The van der Waals surface area contributed by atoms with Gasteiger partial charge in [0, 0.05) is 4.11 Å². The summed E-state index contributed by atoms with van der Waals surface area (Å²) in [5.41, 5.74) is 6.98. The summed E-state index contributed by atoms with van der Waals surface area (Å²) in [5, 5.41) is 0. The van der Waals surface area contributed by atoms with Gasteiger partial charge in [0.2, 0.25) is 0 Å². The van der Waals surface area contributed by atoms with Crippen LogP contribution in [0, 0.1) is 125 Å². The fourth-order valence-electron chi connectivity index (χ4n) is 22.8. The average Bonchev–Trinajstić information content (AvgIpc) is 1.31. The van der Waals surface area contributed by atoms with Gasteiger partial charge in [0.05, 0.1) is 0 Å². The number of hydrogen-bond donors (Lipinski definition) is 0. The molecular formula is C90H172. The van der Waals surface area contributed by atoms with Crippen LogP contribution in [-0.2, 0) is 0 Å². The van der Waals surface area contributed by atoms with Crippen LogP contribution in [0.3, 0.4) is 0 Å². The minimum atomic E-state index is -1.00. The topological polar surface area (TPSA) is 0 Å². The second-order valence-electron chi connectivity index (χ2n) is 42.5. The Morgan fingerprint density at radius 3 is 0.944 bits per heavy atom. The predicted octanol–water partition coefficient (Wildman–Crippen LogP) is 31.0. The van der Waals surface area contributed by atoms with Crippen LogP contribution in [0.5, 0.6) is 0 Å². The third-order valence-electron chi connectivity index (χ3n) is 28.4. The van der Waals surface area contributed by atoms with Gasteiger partial charge < -0.3 is 0 Å². The first-order valence-corrected chi connectivity index (χ1v) is 41.2. The number of fused-ring (bicyclic) bond motifs is 3. The Morgan fingerprint density at radius 1 is 0.389 bits per heavy atom. The van der Waals surface area contributed by atoms with E-state index >= 15 is 0 Å². The van der Waals surface area contributed by atoms with Crippen LogP contribution in [0.4, 0.5) is 0 Å². The highest BCUT2D eigenvalue weighted by molar-refractivity contribution is 5.02. The number of rotatable bonds is 2. The number of hydrogen-bond acceptors (Lipinski definition) is 0. The maximum Gasteiger partial charge on any atom is 0.0294 e. The summed E-state index contributed by atoms with van der Waals surface area (Å²) in [6.07, 6.45) is 64.6. The first-order valence-electron chi connectivity index (χ1n) is 42.7. The molecule has 90 heavy (non-hydrogen) atoms. The summed E-state index contributed by atoms with van der Waals surface area (Å²) < 4.78 is 21.0. The van der Waals surface area contributed by atoms with Crippen molar-refractivity contribution in [3.8, 4) is 0 Å². The van der Waals surface area contributed by atoms with Crippen LogP contribution in [0.1, 0.15) is 453 Å². The molecule has 6 bridgehead atoms. The minimum absolute atomic E-state index is 0.132. The molecule has 0 radical (unpaired) electrons. The summed E-state index contributed by atoms with van der Waals surface area (Å²) in [4.78, 5) is 0. The standard InChI is InChI=1S/C16H30.C14H26.C12H20.C12H22.2C11H20.2C5H12.C4H10/c1-13-6-8-16(9-7-13)11-14(2,3)10-15(4,5)12-16;1-12-4-6-14(7-5-12)10-8-13(2,3)9-11-14;1-2-12-6-9-3-10(7-12)5-11(4-9)8-12;1-11-5-9-12(10-6-11)7-3-2-4-8-12;1-8-9-4-6-10(7-5-9)11(8,2)3;1-10-4-8-11(9-5-10)6-2-3-7-11;1-5(2,3)4;1-4-5(2)3;1-4(2)3/h13H,6-12H2,1-5H3;12H,4-11H2,1-3H3;9-11H,2-8H2,1H3;11H,2-10H2,1H3;8-10H,4-7H2,1-3H3;10H,2-9H2,1H3;1-4H3;5H,4H2,1-3H3;4H,1-3H3/i;;;;;;;4D2;4D. The lowest BCUT2D eigenvalue weighted by Crippen LogP contribution is -2.45. The lowest BCUT2D eigenvalue weighted by molar-refractivity contribution is -0.0545. The highest BCUT2D eigenvalue weighted by atomic mass is 14.6. The van der Waals surface area contributed by atoms with Crippen molar-refractivity contribution in [1.82, 2.24) is 0 Å². The van der Waals surface area contributed by atoms with Gasteiger partial charge in [-0.15, -0.1) is 0 Å². The normalized spacial score (nSPS) is 34.4. The van der Waals surface area contributed by atoms with Crippen LogP contribution in [-0.4, -0.2) is 0 Å². The molecule has 1 atom stereocenters. The van der Waals surface area contributed by atoms with Gasteiger partial charge in [-0.05, 0) is 311 Å². The lowest BCUT2D eigenvalue weighted by atomic mass is 9.49. The molecule has 15 saturated carbocycles. The molecule has 0 aromatic heterocycles. The van der Waals surface area contributed by atoms with Gasteiger partial charge in [-0.2, -0.15) is 0 Å². The van der Waals surface area contributed by atoms with Crippen molar-refractivity contribution in [1.29, 1.82) is 0 Å². The summed E-state index contributed by atoms with van der Waals surface area (Å²) in [6, 6.07) is 0. The Hall–Kier alpha value is 0. The average molecular weight is 1260 g/mol. The molecule has 15 aliphatic carbocycles. The van der Waals surface area contributed by atoms with Gasteiger partial charge in [-0.25, -0.2) is 0 Å². The Bertz CT molecular complexity index is 1950. The summed E-state index contributed by atoms with van der Waals surface area (Å²) in [7, 11) is 0. The van der Waals surface area contributed by atoms with Crippen LogP contribution in [0.25, 0.3) is 0 Å². The molecule has 15 rings (SSSR count). The minimum Gasteiger partial charge on any atom is -0.0651 e. The van der Waals surface area contributed by atoms with Gasteiger partial charge in [0.1, 0.15) is 0 Å². The zero-order valence-corrected chi connectivity index (χ0v) is 66.8. The van der Waals surface area contributed by atoms with Crippen molar-refractivity contribution >= 4 is 0 Å². The molecule has 0 aromatic rings. The molecule has 15 fully saturated rings. The van der Waals surface area contributed by atoms with E-state index in [2.05, 4.69) is 125 Å². The van der Waals surface area contributed by atoms with E-state index in [-0.39, 0.29) is 11.8 Å². The van der Waals surface area contributed by atoms with Crippen LogP contribution in [0.15, 0.2) is 0 Å². The summed E-state index contributed by atoms with van der Waals surface area (Å²) >= 11 is 0. The molecule has 0 amide bonds. The highest BCUT2D eigenvalue weighted by Gasteiger charge is 2.51. The molecule has 15 aliphatic rings. The zero-order valence-electron chi connectivity index (χ0n) is 69.8. The van der Waals surface area contributed by atoms with E-state index in [9.17, 15) is 0 Å². The van der Waals surface area contributed by atoms with Crippen molar-refractivity contribution in [3.05, 3.63) is 0 Å². The molecule has 0 heteroatoms. The second-order valence-corrected chi connectivity index (χ2v) is 42.5. The molecule has 532 valence electrons. The smallest absolute Gasteiger partial charge is 0.0294 e. The Balaban J connectivity index is 0.000000194. The van der Waals surface area contributed by atoms with E-state index in [1.807, 2.05) is 34.6 Å². The van der Waals surface area contributed by atoms with Crippen molar-refractivity contribution < 1.29 is 4.11 Å². The van der Waals surface area contributed by atoms with Crippen LogP contribution >= 0.6 is 0 Å². The molecule has 1 unspecified atom stereocenters. The Kier molecular flexibility index (Phi) is 29.6.